The molecule has 1 aliphatic rings. The summed E-state index contributed by atoms with van der Waals surface area (Å²) in [5.41, 5.74) is 2.46. The number of benzene rings is 3. The fraction of sp³-hybridized carbons (Fsp3) is 0.222. The van der Waals surface area contributed by atoms with E-state index in [1.54, 1.807) is 74.9 Å². The van der Waals surface area contributed by atoms with Crippen molar-refractivity contribution in [2.45, 2.75) is 20.0 Å². The van der Waals surface area contributed by atoms with Gasteiger partial charge in [-0.05, 0) is 55.0 Å². The van der Waals surface area contributed by atoms with Gasteiger partial charge in [-0.15, -0.1) is 0 Å². The monoisotopic (exact) mass is 474 g/mol. The molecule has 3 aromatic rings. The van der Waals surface area contributed by atoms with E-state index in [1.165, 1.54) is 4.90 Å². The number of carbonyl (C=O) groups excluding carboxylic acids is 3. The van der Waals surface area contributed by atoms with Crippen LogP contribution < -0.4 is 19.5 Å². The normalized spacial score (nSPS) is 12.4. The van der Waals surface area contributed by atoms with Crippen LogP contribution in [-0.2, 0) is 13.1 Å². The van der Waals surface area contributed by atoms with E-state index in [9.17, 15) is 14.4 Å². The van der Waals surface area contributed by atoms with Crippen molar-refractivity contribution in [1.29, 1.82) is 0 Å². The number of nitrogens with zero attached hydrogens (tertiary/aromatic N) is 1. The molecule has 0 radical (unpaired) electrons. The highest BCUT2D eigenvalue weighted by atomic mass is 16.5. The quantitative estimate of drug-likeness (QED) is 0.474. The molecule has 180 valence electrons. The zero-order chi connectivity index (χ0) is 24.9. The van der Waals surface area contributed by atoms with E-state index in [-0.39, 0.29) is 30.8 Å². The predicted octanol–water partition coefficient (Wildman–Crippen LogP) is 3.83. The van der Waals surface area contributed by atoms with Gasteiger partial charge in [0.05, 0.1) is 44.1 Å². The first-order valence-corrected chi connectivity index (χ1v) is 11.2. The van der Waals surface area contributed by atoms with Crippen LogP contribution in [0.3, 0.4) is 0 Å². The van der Waals surface area contributed by atoms with Crippen LogP contribution in [0.15, 0.2) is 60.7 Å². The second-order valence-corrected chi connectivity index (χ2v) is 7.87. The average molecular weight is 475 g/mol. The van der Waals surface area contributed by atoms with E-state index in [4.69, 9.17) is 14.2 Å². The van der Waals surface area contributed by atoms with Crippen LogP contribution in [0.5, 0.6) is 17.2 Å². The number of rotatable bonds is 9. The molecule has 3 aromatic carbocycles. The number of imide groups is 1. The number of carbonyl (C=O) groups is 3. The summed E-state index contributed by atoms with van der Waals surface area (Å²) in [4.78, 5) is 39.8. The van der Waals surface area contributed by atoms with E-state index in [0.717, 1.165) is 5.56 Å². The maximum atomic E-state index is 13.2. The van der Waals surface area contributed by atoms with Crippen LogP contribution in [0.4, 0.5) is 0 Å². The molecule has 8 heteroatoms. The summed E-state index contributed by atoms with van der Waals surface area (Å²) >= 11 is 0. The summed E-state index contributed by atoms with van der Waals surface area (Å²) in [7, 11) is 3.13. The molecule has 0 saturated carbocycles. The Hall–Kier alpha value is -4.33. The molecule has 4 rings (SSSR count). The summed E-state index contributed by atoms with van der Waals surface area (Å²) in [5.74, 6) is 0.617. The van der Waals surface area contributed by atoms with Crippen molar-refractivity contribution in [3.05, 3.63) is 88.5 Å². The largest absolute Gasteiger partial charge is 0.497 e. The smallest absolute Gasteiger partial charge is 0.261 e. The van der Waals surface area contributed by atoms with Gasteiger partial charge in [-0.2, -0.15) is 0 Å². The molecule has 0 aliphatic carbocycles. The van der Waals surface area contributed by atoms with Crippen molar-refractivity contribution in [3.8, 4) is 17.2 Å². The van der Waals surface area contributed by atoms with Crippen LogP contribution >= 0.6 is 0 Å². The Balaban J connectivity index is 1.55. The lowest BCUT2D eigenvalue weighted by Crippen LogP contribution is -2.29. The van der Waals surface area contributed by atoms with Crippen LogP contribution in [-0.4, -0.2) is 43.4 Å². The van der Waals surface area contributed by atoms with Gasteiger partial charge in [-0.25, -0.2) is 0 Å². The summed E-state index contributed by atoms with van der Waals surface area (Å²) < 4.78 is 16.3. The highest BCUT2D eigenvalue weighted by molar-refractivity contribution is 6.21. The molecule has 0 spiro atoms. The molecule has 3 amide bonds. The van der Waals surface area contributed by atoms with Gasteiger partial charge in [0.2, 0.25) is 0 Å². The first kappa shape index (κ1) is 23.8. The van der Waals surface area contributed by atoms with E-state index in [1.807, 2.05) is 6.92 Å². The average Bonchev–Trinajstić information content (AvgIpc) is 3.12. The van der Waals surface area contributed by atoms with Crippen molar-refractivity contribution in [2.24, 2.45) is 0 Å². The van der Waals surface area contributed by atoms with Crippen molar-refractivity contribution in [1.82, 2.24) is 10.2 Å². The number of nitrogens with one attached hydrogen (secondary N) is 1. The lowest BCUT2D eigenvalue weighted by Gasteiger charge is -2.17. The van der Waals surface area contributed by atoms with Gasteiger partial charge in [0.25, 0.3) is 17.7 Å². The Bertz CT molecular complexity index is 1250. The molecule has 0 atom stereocenters. The molecule has 0 bridgehead atoms. The second-order valence-electron chi connectivity index (χ2n) is 7.87. The summed E-state index contributed by atoms with van der Waals surface area (Å²) in [6.45, 7) is 2.45. The van der Waals surface area contributed by atoms with Gasteiger partial charge in [0.1, 0.15) is 17.2 Å². The fourth-order valence-corrected chi connectivity index (χ4v) is 3.99. The molecule has 0 fully saturated rings. The zero-order valence-corrected chi connectivity index (χ0v) is 19.8. The van der Waals surface area contributed by atoms with Gasteiger partial charge >= 0.3 is 0 Å². The number of ether oxygens (including phenoxy) is 3. The van der Waals surface area contributed by atoms with Crippen LogP contribution in [0.25, 0.3) is 0 Å². The second kappa shape index (κ2) is 10.3. The molecule has 0 unspecified atom stereocenters. The highest BCUT2D eigenvalue weighted by Gasteiger charge is 2.35. The van der Waals surface area contributed by atoms with Crippen LogP contribution in [0.1, 0.15) is 49.1 Å². The van der Waals surface area contributed by atoms with E-state index in [2.05, 4.69) is 5.32 Å². The summed E-state index contributed by atoms with van der Waals surface area (Å²) in [5, 5.41) is 2.89. The van der Waals surface area contributed by atoms with Gasteiger partial charge in [0.15, 0.2) is 0 Å². The van der Waals surface area contributed by atoms with Crippen molar-refractivity contribution in [3.63, 3.8) is 0 Å². The lowest BCUT2D eigenvalue weighted by atomic mass is 10.1. The molecule has 0 saturated heterocycles. The molecule has 8 nitrogen and oxygen atoms in total. The third-order valence-corrected chi connectivity index (χ3v) is 5.73. The summed E-state index contributed by atoms with van der Waals surface area (Å²) in [6, 6.07) is 17.1. The van der Waals surface area contributed by atoms with Gasteiger partial charge in [-0.1, -0.05) is 18.2 Å². The molecule has 1 aliphatic heterocycles. The van der Waals surface area contributed by atoms with Gasteiger partial charge < -0.3 is 19.5 Å². The molecule has 1 N–H and O–H groups in total. The van der Waals surface area contributed by atoms with E-state index < -0.39 is 0 Å². The number of fused-ring (bicyclic) bond motifs is 1. The van der Waals surface area contributed by atoms with Crippen LogP contribution in [0, 0.1) is 0 Å². The Labute approximate surface area is 203 Å². The van der Waals surface area contributed by atoms with Crippen molar-refractivity contribution >= 4 is 17.7 Å². The number of hydrogen-bond acceptors (Lipinski definition) is 6. The minimum Gasteiger partial charge on any atom is -0.497 e. The molecule has 0 aromatic heterocycles. The molecule has 35 heavy (non-hydrogen) atoms. The first-order chi connectivity index (χ1) is 17.0. The van der Waals surface area contributed by atoms with E-state index >= 15 is 0 Å². The Morgan fingerprint density at radius 1 is 0.886 bits per heavy atom. The van der Waals surface area contributed by atoms with Crippen LogP contribution in [0.2, 0.25) is 0 Å². The third-order valence-electron chi connectivity index (χ3n) is 5.73. The predicted molar refractivity (Wildman–Crippen MR) is 129 cm³/mol. The first-order valence-electron chi connectivity index (χ1n) is 11.2. The Kier molecular flexibility index (Phi) is 7.01. The number of methoxy groups -OCH3 is 2. The fourth-order valence-electron chi connectivity index (χ4n) is 3.99. The highest BCUT2D eigenvalue weighted by Crippen LogP contribution is 2.27. The minimum atomic E-state index is -0.359. The maximum Gasteiger partial charge on any atom is 0.261 e. The topological polar surface area (TPSA) is 94.2 Å². The molecular formula is C27H26N2O6. The van der Waals surface area contributed by atoms with Crippen molar-refractivity contribution < 1.29 is 28.6 Å². The summed E-state index contributed by atoms with van der Waals surface area (Å²) in [6.07, 6.45) is 0. The zero-order valence-electron chi connectivity index (χ0n) is 19.8. The minimum absolute atomic E-state index is 0.0444. The maximum absolute atomic E-state index is 13.2. The molecule has 1 heterocycles. The lowest BCUT2D eigenvalue weighted by molar-refractivity contribution is 0.0642. The van der Waals surface area contributed by atoms with Gasteiger partial charge in [0, 0.05) is 12.1 Å². The SMILES string of the molecule is CCOc1ccc(CN2C(=O)c3ccccc3C2=O)cc1C(=O)NCc1cc(OC)ccc1OC. The standard InChI is InChI=1S/C27H26N2O6/c1-4-35-24-11-9-17(16-29-26(31)20-7-5-6-8-21(20)27(29)32)13-22(24)25(30)28-15-18-14-19(33-2)10-12-23(18)34-3/h5-14H,4,15-16H2,1-3H3,(H,28,30). The van der Waals surface area contributed by atoms with E-state index in [0.29, 0.717) is 46.1 Å². The Morgan fingerprint density at radius 2 is 1.57 bits per heavy atom. The Morgan fingerprint density at radius 3 is 2.20 bits per heavy atom. The number of hydrogen-bond donors (Lipinski definition) is 1. The van der Waals surface area contributed by atoms with Gasteiger partial charge in [-0.3, -0.25) is 19.3 Å². The third kappa shape index (κ3) is 4.82. The molecular weight excluding hydrogens is 448 g/mol. The van der Waals surface area contributed by atoms with Crippen molar-refractivity contribution in [2.75, 3.05) is 20.8 Å². The number of amides is 3.